The Hall–Kier alpha value is -3.08. The minimum absolute atomic E-state index is 0.175. The van der Waals surface area contributed by atoms with Crippen LogP contribution >= 0.6 is 0 Å². The van der Waals surface area contributed by atoms with Crippen LogP contribution in [0.3, 0.4) is 0 Å². The standard InChI is InChI=1S/C17H14F2N4O2/c1-25-17(24)14-9-23(16-5-3-11(7-20)21-22-16)8-13(14)12-4-2-10(18)6-15(12)19/h2-6,13-14H,8-9H2,1H3/t13-,14+/m0/s1. The lowest BCUT2D eigenvalue weighted by molar-refractivity contribution is -0.145. The summed E-state index contributed by atoms with van der Waals surface area (Å²) in [5, 5.41) is 16.5. The number of nitrogens with zero attached hydrogens (tertiary/aromatic N) is 4. The van der Waals surface area contributed by atoms with Gasteiger partial charge in [-0.15, -0.1) is 10.2 Å². The first-order valence-electron chi connectivity index (χ1n) is 7.55. The van der Waals surface area contributed by atoms with Gasteiger partial charge in [0.2, 0.25) is 0 Å². The minimum Gasteiger partial charge on any atom is -0.469 e. The van der Waals surface area contributed by atoms with Gasteiger partial charge in [-0.05, 0) is 23.8 Å². The van der Waals surface area contributed by atoms with Crippen LogP contribution in [0.1, 0.15) is 17.2 Å². The van der Waals surface area contributed by atoms with Crippen LogP contribution in [-0.2, 0) is 9.53 Å². The molecule has 0 spiro atoms. The number of anilines is 1. The zero-order valence-electron chi connectivity index (χ0n) is 13.3. The molecule has 1 aromatic heterocycles. The Bertz CT molecular complexity index is 836. The molecule has 2 atom stereocenters. The first kappa shape index (κ1) is 16.8. The molecule has 0 saturated carbocycles. The van der Waals surface area contributed by atoms with Gasteiger partial charge in [0.15, 0.2) is 11.5 Å². The second-order valence-corrected chi connectivity index (χ2v) is 5.70. The lowest BCUT2D eigenvalue weighted by Gasteiger charge is -2.17. The van der Waals surface area contributed by atoms with Gasteiger partial charge in [0.05, 0.1) is 13.0 Å². The molecule has 0 N–H and O–H groups in total. The lowest BCUT2D eigenvalue weighted by Crippen LogP contribution is -2.25. The third kappa shape index (κ3) is 3.26. The highest BCUT2D eigenvalue weighted by atomic mass is 19.1. The summed E-state index contributed by atoms with van der Waals surface area (Å²) in [7, 11) is 1.27. The van der Waals surface area contributed by atoms with Crippen molar-refractivity contribution in [3.8, 4) is 6.07 Å². The summed E-state index contributed by atoms with van der Waals surface area (Å²) < 4.78 is 32.2. The molecule has 2 heterocycles. The molecule has 1 fully saturated rings. The fraction of sp³-hybridized carbons (Fsp3) is 0.294. The van der Waals surface area contributed by atoms with E-state index in [1.807, 2.05) is 6.07 Å². The second-order valence-electron chi connectivity index (χ2n) is 5.70. The van der Waals surface area contributed by atoms with Crippen LogP contribution in [0.25, 0.3) is 0 Å². The number of benzene rings is 1. The number of aromatic nitrogens is 2. The molecule has 1 aliphatic rings. The van der Waals surface area contributed by atoms with E-state index >= 15 is 0 Å². The van der Waals surface area contributed by atoms with Gasteiger partial charge in [0.1, 0.15) is 17.7 Å². The van der Waals surface area contributed by atoms with Crippen molar-refractivity contribution in [3.63, 3.8) is 0 Å². The van der Waals surface area contributed by atoms with Crippen LogP contribution in [0.5, 0.6) is 0 Å². The summed E-state index contributed by atoms with van der Waals surface area (Å²) in [5.74, 6) is -2.51. The van der Waals surface area contributed by atoms with Crippen molar-refractivity contribution in [2.24, 2.45) is 5.92 Å². The van der Waals surface area contributed by atoms with E-state index in [0.717, 1.165) is 12.1 Å². The Morgan fingerprint density at radius 2 is 2.08 bits per heavy atom. The van der Waals surface area contributed by atoms with Crippen LogP contribution in [0.4, 0.5) is 14.6 Å². The molecule has 128 valence electrons. The number of halogens is 2. The van der Waals surface area contributed by atoms with E-state index in [-0.39, 0.29) is 17.8 Å². The molecule has 0 aliphatic carbocycles. The van der Waals surface area contributed by atoms with Gasteiger partial charge in [-0.1, -0.05) is 6.07 Å². The molecule has 0 unspecified atom stereocenters. The fourth-order valence-corrected chi connectivity index (χ4v) is 3.05. The molecule has 8 heteroatoms. The number of methoxy groups -OCH3 is 1. The van der Waals surface area contributed by atoms with Gasteiger partial charge in [-0.25, -0.2) is 8.78 Å². The fourth-order valence-electron chi connectivity index (χ4n) is 3.05. The van der Waals surface area contributed by atoms with Crippen molar-refractivity contribution in [2.75, 3.05) is 25.1 Å². The van der Waals surface area contributed by atoms with E-state index in [4.69, 9.17) is 10.00 Å². The van der Waals surface area contributed by atoms with Gasteiger partial charge < -0.3 is 9.64 Å². The second kappa shape index (κ2) is 6.81. The predicted molar refractivity (Wildman–Crippen MR) is 83.6 cm³/mol. The summed E-state index contributed by atoms with van der Waals surface area (Å²) in [5.41, 5.74) is 0.425. The molecule has 6 nitrogen and oxygen atoms in total. The SMILES string of the molecule is COC(=O)[C@@H]1CN(c2ccc(C#N)nn2)C[C@H]1c1ccc(F)cc1F. The predicted octanol–water partition coefficient (Wildman–Crippen LogP) is 2.02. The molecule has 0 amide bonds. The lowest BCUT2D eigenvalue weighted by atomic mass is 9.88. The highest BCUT2D eigenvalue weighted by molar-refractivity contribution is 5.75. The van der Waals surface area contributed by atoms with Crippen LogP contribution < -0.4 is 4.90 Å². The number of esters is 1. The third-order valence-electron chi connectivity index (χ3n) is 4.27. The van der Waals surface area contributed by atoms with Gasteiger partial charge in [0.25, 0.3) is 0 Å². The van der Waals surface area contributed by atoms with Crippen LogP contribution in [0, 0.1) is 28.9 Å². The summed E-state index contributed by atoms with van der Waals surface area (Å²) in [6.45, 7) is 0.553. The van der Waals surface area contributed by atoms with Crippen LogP contribution in [0.2, 0.25) is 0 Å². The van der Waals surface area contributed by atoms with Crippen molar-refractivity contribution >= 4 is 11.8 Å². The summed E-state index contributed by atoms with van der Waals surface area (Å²) in [6, 6.07) is 8.32. The zero-order chi connectivity index (χ0) is 18.0. The number of carbonyl (C=O) groups excluding carboxylic acids is 1. The Labute approximate surface area is 142 Å². The smallest absolute Gasteiger partial charge is 0.311 e. The third-order valence-corrected chi connectivity index (χ3v) is 4.27. The molecule has 0 bridgehead atoms. The molecular weight excluding hydrogens is 330 g/mol. The number of hydrogen-bond acceptors (Lipinski definition) is 6. The van der Waals surface area contributed by atoms with Crippen molar-refractivity contribution < 1.29 is 18.3 Å². The average molecular weight is 344 g/mol. The van der Waals surface area contributed by atoms with Crippen LogP contribution in [0.15, 0.2) is 30.3 Å². The van der Waals surface area contributed by atoms with E-state index in [0.29, 0.717) is 12.4 Å². The van der Waals surface area contributed by atoms with E-state index in [2.05, 4.69) is 10.2 Å². The van der Waals surface area contributed by atoms with Crippen molar-refractivity contribution in [1.82, 2.24) is 10.2 Å². The van der Waals surface area contributed by atoms with E-state index in [9.17, 15) is 13.6 Å². The summed E-state index contributed by atoms with van der Waals surface area (Å²) in [4.78, 5) is 13.9. The minimum atomic E-state index is -0.702. The molecule has 3 rings (SSSR count). The quantitative estimate of drug-likeness (QED) is 0.793. The van der Waals surface area contributed by atoms with E-state index in [1.165, 1.54) is 19.2 Å². The molecule has 1 aliphatic heterocycles. The number of nitriles is 1. The maximum Gasteiger partial charge on any atom is 0.311 e. The molecule has 1 aromatic carbocycles. The van der Waals surface area contributed by atoms with Crippen molar-refractivity contribution in [1.29, 1.82) is 5.26 Å². The highest BCUT2D eigenvalue weighted by Crippen LogP contribution is 2.36. The highest BCUT2D eigenvalue weighted by Gasteiger charge is 2.41. The van der Waals surface area contributed by atoms with Gasteiger partial charge in [-0.2, -0.15) is 5.26 Å². The summed E-state index contributed by atoms with van der Waals surface area (Å²) in [6.07, 6.45) is 0. The average Bonchev–Trinajstić information content (AvgIpc) is 3.06. The molecule has 2 aromatic rings. The first-order valence-corrected chi connectivity index (χ1v) is 7.55. The van der Waals surface area contributed by atoms with Crippen molar-refractivity contribution in [2.45, 2.75) is 5.92 Å². The topological polar surface area (TPSA) is 79.1 Å². The molecule has 1 saturated heterocycles. The first-order chi connectivity index (χ1) is 12.0. The van der Waals surface area contributed by atoms with Gasteiger partial charge >= 0.3 is 5.97 Å². The number of hydrogen-bond donors (Lipinski definition) is 0. The van der Waals surface area contributed by atoms with Gasteiger partial charge in [-0.3, -0.25) is 4.79 Å². The monoisotopic (exact) mass is 344 g/mol. The Morgan fingerprint density at radius 3 is 2.68 bits per heavy atom. The maximum absolute atomic E-state index is 14.2. The van der Waals surface area contributed by atoms with E-state index in [1.54, 1.807) is 11.0 Å². The molecule has 25 heavy (non-hydrogen) atoms. The Morgan fingerprint density at radius 1 is 1.28 bits per heavy atom. The van der Waals surface area contributed by atoms with Crippen molar-refractivity contribution in [3.05, 3.63) is 53.2 Å². The van der Waals surface area contributed by atoms with Crippen LogP contribution in [-0.4, -0.2) is 36.4 Å². The zero-order valence-corrected chi connectivity index (χ0v) is 13.3. The normalized spacial score (nSPS) is 19.5. The largest absolute Gasteiger partial charge is 0.469 e. The Balaban J connectivity index is 1.93. The number of ether oxygens (including phenoxy) is 1. The number of rotatable bonds is 3. The van der Waals surface area contributed by atoms with Gasteiger partial charge in [0, 0.05) is 25.1 Å². The van der Waals surface area contributed by atoms with E-state index < -0.39 is 29.4 Å². The Kier molecular flexibility index (Phi) is 4.57. The molecular formula is C17H14F2N4O2. The maximum atomic E-state index is 14.2. The number of carbonyl (C=O) groups is 1. The summed E-state index contributed by atoms with van der Waals surface area (Å²) >= 11 is 0. The molecule has 0 radical (unpaired) electrons.